The van der Waals surface area contributed by atoms with E-state index in [9.17, 15) is 9.59 Å². The Balaban J connectivity index is 1.76. The molecule has 3 heterocycles. The Morgan fingerprint density at radius 3 is 2.68 bits per heavy atom. The summed E-state index contributed by atoms with van der Waals surface area (Å²) in [6.45, 7) is 5.08. The minimum atomic E-state index is -0.167. The van der Waals surface area contributed by atoms with Gasteiger partial charge in [0.1, 0.15) is 0 Å². The average Bonchev–Trinajstić information content (AvgIpc) is 3.31. The number of hydrazone groups is 1. The minimum Gasteiger partial charge on any atom is -0.332 e. The van der Waals surface area contributed by atoms with E-state index in [2.05, 4.69) is 26.0 Å². The molecule has 148 valence electrons. The summed E-state index contributed by atoms with van der Waals surface area (Å²) in [4.78, 5) is 30.9. The first-order valence-corrected chi connectivity index (χ1v) is 10.3. The zero-order valence-electron chi connectivity index (χ0n) is 16.3. The highest BCUT2D eigenvalue weighted by Crippen LogP contribution is 2.24. The van der Waals surface area contributed by atoms with Crippen LogP contribution in [0, 0.1) is 0 Å². The second kappa shape index (κ2) is 9.28. The van der Waals surface area contributed by atoms with E-state index in [4.69, 9.17) is 0 Å². The van der Waals surface area contributed by atoms with Gasteiger partial charge in [0.2, 0.25) is 11.8 Å². The molecule has 1 aromatic heterocycles. The molecule has 2 amide bonds. The van der Waals surface area contributed by atoms with Crippen LogP contribution in [0.4, 0.5) is 0 Å². The van der Waals surface area contributed by atoms with E-state index < -0.39 is 0 Å². The van der Waals surface area contributed by atoms with E-state index in [1.165, 1.54) is 5.01 Å². The van der Waals surface area contributed by atoms with E-state index in [-0.39, 0.29) is 17.9 Å². The van der Waals surface area contributed by atoms with Crippen LogP contribution in [0.25, 0.3) is 0 Å². The molecule has 1 aromatic rings. The molecule has 0 aromatic carbocycles. The molecule has 1 fully saturated rings. The van der Waals surface area contributed by atoms with Crippen LogP contribution in [0.1, 0.15) is 38.7 Å². The summed E-state index contributed by atoms with van der Waals surface area (Å²) in [5.74, 6) is 0.118. The first-order valence-electron chi connectivity index (χ1n) is 9.54. The summed E-state index contributed by atoms with van der Waals surface area (Å²) in [5.41, 5.74) is 2.84. The number of aromatic nitrogens is 1. The number of aryl methyl sites for hydroxylation is 1. The van der Waals surface area contributed by atoms with Crippen LogP contribution in [0.3, 0.4) is 0 Å². The fraction of sp³-hybridized carbons (Fsp3) is 0.429. The molecule has 0 N–H and O–H groups in total. The molecule has 6 nitrogen and oxygen atoms in total. The van der Waals surface area contributed by atoms with Gasteiger partial charge in [-0.1, -0.05) is 28.1 Å². The van der Waals surface area contributed by atoms with Crippen LogP contribution in [0.15, 0.2) is 51.8 Å². The quantitative estimate of drug-likeness (QED) is 0.631. The number of allylic oxidation sites excluding steroid dienone is 3. The van der Waals surface area contributed by atoms with Gasteiger partial charge in [0.25, 0.3) is 0 Å². The summed E-state index contributed by atoms with van der Waals surface area (Å²) < 4.78 is 1.00. The van der Waals surface area contributed by atoms with Gasteiger partial charge >= 0.3 is 0 Å². The standard InChI is InChI=1S/C21H25BrN4O2/c1-15(5-6-16(2)22)21-18(25-13-3-4-19(25)27)14-26(24-21)20(28)8-7-17-9-11-23-12-10-17/h5-6,9-12,18H,3-4,7-8,13-14H2,1-2H3/b15-5+,16-6+. The maximum absolute atomic E-state index is 12.8. The molecule has 2 aliphatic rings. The molecule has 1 atom stereocenters. The third-order valence-corrected chi connectivity index (χ3v) is 5.27. The van der Waals surface area contributed by atoms with Crippen molar-refractivity contribution in [2.45, 2.75) is 45.6 Å². The van der Waals surface area contributed by atoms with Gasteiger partial charge in [-0.25, -0.2) is 5.01 Å². The number of carbonyl (C=O) groups is 2. The van der Waals surface area contributed by atoms with E-state index in [1.807, 2.05) is 43.0 Å². The number of amides is 2. The second-order valence-corrected chi connectivity index (χ2v) is 8.38. The van der Waals surface area contributed by atoms with Crippen molar-refractivity contribution < 1.29 is 9.59 Å². The molecule has 0 spiro atoms. The zero-order valence-corrected chi connectivity index (χ0v) is 17.9. The number of hydrogen-bond donors (Lipinski definition) is 0. The van der Waals surface area contributed by atoms with Crippen molar-refractivity contribution in [3.63, 3.8) is 0 Å². The predicted octanol–water partition coefficient (Wildman–Crippen LogP) is 3.45. The van der Waals surface area contributed by atoms with Gasteiger partial charge in [-0.15, -0.1) is 0 Å². The van der Waals surface area contributed by atoms with E-state index in [0.717, 1.165) is 34.3 Å². The summed E-state index contributed by atoms with van der Waals surface area (Å²) in [5, 5.41) is 6.16. The summed E-state index contributed by atoms with van der Waals surface area (Å²) in [7, 11) is 0. The van der Waals surface area contributed by atoms with Crippen LogP contribution >= 0.6 is 15.9 Å². The smallest absolute Gasteiger partial charge is 0.243 e. The molecule has 3 rings (SSSR count). The number of hydrogen-bond acceptors (Lipinski definition) is 4. The van der Waals surface area contributed by atoms with Gasteiger partial charge in [0.15, 0.2) is 0 Å². The second-order valence-electron chi connectivity index (χ2n) is 7.13. The lowest BCUT2D eigenvalue weighted by Gasteiger charge is -2.25. The Kier molecular flexibility index (Phi) is 6.78. The topological polar surface area (TPSA) is 65.9 Å². The van der Waals surface area contributed by atoms with E-state index in [1.54, 1.807) is 12.4 Å². The molecule has 1 saturated heterocycles. The largest absolute Gasteiger partial charge is 0.332 e. The Labute approximate surface area is 174 Å². The predicted molar refractivity (Wildman–Crippen MR) is 113 cm³/mol. The van der Waals surface area contributed by atoms with Gasteiger partial charge in [-0.2, -0.15) is 5.10 Å². The Hall–Kier alpha value is -2.28. The Bertz CT molecular complexity index is 828. The van der Waals surface area contributed by atoms with Crippen LogP contribution in [0.5, 0.6) is 0 Å². The highest BCUT2D eigenvalue weighted by atomic mass is 79.9. The maximum atomic E-state index is 12.8. The summed E-state index contributed by atoms with van der Waals surface area (Å²) in [6.07, 6.45) is 9.85. The Morgan fingerprint density at radius 1 is 1.29 bits per heavy atom. The number of rotatable bonds is 6. The summed E-state index contributed by atoms with van der Waals surface area (Å²) in [6, 6.07) is 3.67. The van der Waals surface area contributed by atoms with Crippen molar-refractivity contribution in [1.29, 1.82) is 0 Å². The van der Waals surface area contributed by atoms with Gasteiger partial charge in [-0.05, 0) is 54.4 Å². The fourth-order valence-electron chi connectivity index (χ4n) is 3.49. The minimum absolute atomic E-state index is 0.0246. The molecule has 28 heavy (non-hydrogen) atoms. The van der Waals surface area contributed by atoms with Gasteiger partial charge in [0.05, 0.1) is 18.3 Å². The molecule has 0 aliphatic carbocycles. The van der Waals surface area contributed by atoms with Crippen molar-refractivity contribution in [3.05, 3.63) is 52.3 Å². The molecular formula is C21H25BrN4O2. The molecule has 0 saturated carbocycles. The van der Waals surface area contributed by atoms with Gasteiger partial charge in [-0.3, -0.25) is 14.6 Å². The molecular weight excluding hydrogens is 420 g/mol. The molecule has 0 bridgehead atoms. The molecule has 7 heteroatoms. The van der Waals surface area contributed by atoms with Crippen LogP contribution in [-0.4, -0.2) is 51.6 Å². The van der Waals surface area contributed by atoms with Gasteiger partial charge in [0, 0.05) is 31.8 Å². The van der Waals surface area contributed by atoms with Crippen molar-refractivity contribution in [2.24, 2.45) is 5.10 Å². The van der Waals surface area contributed by atoms with Crippen molar-refractivity contribution in [1.82, 2.24) is 14.9 Å². The first kappa shape index (κ1) is 20.5. The fourth-order valence-corrected chi connectivity index (χ4v) is 3.62. The number of carbonyl (C=O) groups excluding carboxylic acids is 2. The maximum Gasteiger partial charge on any atom is 0.243 e. The van der Waals surface area contributed by atoms with Crippen molar-refractivity contribution >= 4 is 33.5 Å². The highest BCUT2D eigenvalue weighted by Gasteiger charge is 2.38. The lowest BCUT2D eigenvalue weighted by atomic mass is 10.0. The monoisotopic (exact) mass is 444 g/mol. The normalized spacial score (nSPS) is 20.8. The molecule has 2 aliphatic heterocycles. The number of nitrogens with zero attached hydrogens (tertiary/aromatic N) is 4. The highest BCUT2D eigenvalue weighted by molar-refractivity contribution is 9.11. The van der Waals surface area contributed by atoms with Crippen LogP contribution < -0.4 is 0 Å². The zero-order chi connectivity index (χ0) is 20.1. The van der Waals surface area contributed by atoms with Crippen LogP contribution in [0.2, 0.25) is 0 Å². The lowest BCUT2D eigenvalue weighted by molar-refractivity contribution is -0.133. The lowest BCUT2D eigenvalue weighted by Crippen LogP contribution is -2.44. The summed E-state index contributed by atoms with van der Waals surface area (Å²) >= 11 is 3.42. The average molecular weight is 445 g/mol. The molecule has 0 radical (unpaired) electrons. The third kappa shape index (κ3) is 4.95. The number of halogens is 1. The Morgan fingerprint density at radius 2 is 2.04 bits per heavy atom. The van der Waals surface area contributed by atoms with Crippen molar-refractivity contribution in [2.75, 3.05) is 13.1 Å². The van der Waals surface area contributed by atoms with E-state index in [0.29, 0.717) is 25.8 Å². The van der Waals surface area contributed by atoms with Crippen molar-refractivity contribution in [3.8, 4) is 0 Å². The van der Waals surface area contributed by atoms with Crippen LogP contribution in [-0.2, 0) is 16.0 Å². The van der Waals surface area contributed by atoms with Gasteiger partial charge < -0.3 is 4.90 Å². The number of pyridine rings is 1. The number of likely N-dealkylation sites (tertiary alicyclic amines) is 1. The molecule has 1 unspecified atom stereocenters. The third-order valence-electron chi connectivity index (χ3n) is 5.01. The first-order chi connectivity index (χ1) is 13.5. The van der Waals surface area contributed by atoms with E-state index >= 15 is 0 Å². The SMILES string of the molecule is C/C(Br)=C\C=C(/C)C1=NN(C(=O)CCc2ccncc2)CC1N1CCCC1=O.